The molecule has 1 aromatic carbocycles. The first-order valence-corrected chi connectivity index (χ1v) is 9.01. The summed E-state index contributed by atoms with van der Waals surface area (Å²) >= 11 is 1.75. The molecule has 1 aliphatic rings. The van der Waals surface area contributed by atoms with Crippen molar-refractivity contribution in [2.45, 2.75) is 38.8 Å². The predicted octanol–water partition coefficient (Wildman–Crippen LogP) is 4.12. The fourth-order valence-electron chi connectivity index (χ4n) is 3.11. The second-order valence-electron chi connectivity index (χ2n) is 6.35. The zero-order chi connectivity index (χ0) is 15.5. The first-order chi connectivity index (χ1) is 10.6. The van der Waals surface area contributed by atoms with E-state index in [0.717, 1.165) is 10.8 Å². The summed E-state index contributed by atoms with van der Waals surface area (Å²) in [6.07, 6.45) is 2.46. The van der Waals surface area contributed by atoms with E-state index in [1.54, 1.807) is 11.3 Å². The van der Waals surface area contributed by atoms with Gasteiger partial charge in [0.2, 0.25) is 0 Å². The molecule has 3 rings (SSSR count). The van der Waals surface area contributed by atoms with Crippen molar-refractivity contribution in [1.82, 2.24) is 9.88 Å². The summed E-state index contributed by atoms with van der Waals surface area (Å²) in [7, 11) is 2.20. The fourth-order valence-corrected chi connectivity index (χ4v) is 3.99. The van der Waals surface area contributed by atoms with Gasteiger partial charge in [0.1, 0.15) is 0 Å². The van der Waals surface area contributed by atoms with Crippen molar-refractivity contribution in [2.75, 3.05) is 25.0 Å². The normalized spacial score (nSPS) is 17.1. The quantitative estimate of drug-likeness (QED) is 0.846. The molecule has 22 heavy (non-hydrogen) atoms. The standard InChI is InChI=1S/C18H25N3S/c1-14(2)21-11-9-16(10-12-21)20(3)18-19-17(13-22-18)15-7-5-4-6-8-15/h4-8,13-14,16H,9-12H2,1-3H3. The Hall–Kier alpha value is -1.39. The minimum atomic E-state index is 0.616. The lowest BCUT2D eigenvalue weighted by atomic mass is 10.0. The second-order valence-corrected chi connectivity index (χ2v) is 7.19. The van der Waals surface area contributed by atoms with Crippen LogP contribution in [-0.4, -0.2) is 42.1 Å². The van der Waals surface area contributed by atoms with Crippen LogP contribution in [0.15, 0.2) is 35.7 Å². The highest BCUT2D eigenvalue weighted by molar-refractivity contribution is 7.14. The third kappa shape index (κ3) is 3.33. The zero-order valence-corrected chi connectivity index (χ0v) is 14.5. The number of nitrogens with zero attached hydrogens (tertiary/aromatic N) is 3. The van der Waals surface area contributed by atoms with Gasteiger partial charge in [0.05, 0.1) is 5.69 Å². The molecule has 0 amide bonds. The summed E-state index contributed by atoms with van der Waals surface area (Å²) in [5, 5.41) is 3.31. The average Bonchev–Trinajstić information content (AvgIpc) is 3.05. The maximum atomic E-state index is 4.84. The van der Waals surface area contributed by atoms with Crippen LogP contribution in [0.4, 0.5) is 5.13 Å². The third-order valence-corrected chi connectivity index (χ3v) is 5.57. The molecule has 1 aromatic heterocycles. The largest absolute Gasteiger partial charge is 0.348 e. The number of piperidine rings is 1. The minimum absolute atomic E-state index is 0.616. The predicted molar refractivity (Wildman–Crippen MR) is 95.7 cm³/mol. The molecule has 0 unspecified atom stereocenters. The van der Waals surface area contributed by atoms with Crippen LogP contribution in [0.1, 0.15) is 26.7 Å². The molecule has 1 saturated heterocycles. The summed E-state index contributed by atoms with van der Waals surface area (Å²) < 4.78 is 0. The minimum Gasteiger partial charge on any atom is -0.348 e. The number of benzene rings is 1. The molecule has 0 spiro atoms. The number of thiazole rings is 1. The molecule has 0 N–H and O–H groups in total. The van der Waals surface area contributed by atoms with Crippen molar-refractivity contribution in [3.63, 3.8) is 0 Å². The van der Waals surface area contributed by atoms with Gasteiger partial charge in [0, 0.05) is 43.2 Å². The van der Waals surface area contributed by atoms with Gasteiger partial charge in [-0.3, -0.25) is 0 Å². The van der Waals surface area contributed by atoms with Gasteiger partial charge >= 0.3 is 0 Å². The Morgan fingerprint density at radius 3 is 2.50 bits per heavy atom. The van der Waals surface area contributed by atoms with Crippen LogP contribution in [0, 0.1) is 0 Å². The molecule has 3 nitrogen and oxygen atoms in total. The Balaban J connectivity index is 1.66. The van der Waals surface area contributed by atoms with Gasteiger partial charge in [0.15, 0.2) is 5.13 Å². The summed E-state index contributed by atoms with van der Waals surface area (Å²) in [6.45, 7) is 6.97. The van der Waals surface area contributed by atoms with Gasteiger partial charge in [-0.05, 0) is 26.7 Å². The highest BCUT2D eigenvalue weighted by atomic mass is 32.1. The lowest BCUT2D eigenvalue weighted by molar-refractivity contribution is 0.171. The molecule has 2 aromatic rings. The van der Waals surface area contributed by atoms with Crippen molar-refractivity contribution < 1.29 is 0 Å². The number of likely N-dealkylation sites (tertiary alicyclic amines) is 1. The van der Waals surface area contributed by atoms with Crippen LogP contribution < -0.4 is 4.90 Å². The topological polar surface area (TPSA) is 19.4 Å². The Morgan fingerprint density at radius 2 is 1.86 bits per heavy atom. The van der Waals surface area contributed by atoms with Crippen molar-refractivity contribution >= 4 is 16.5 Å². The smallest absolute Gasteiger partial charge is 0.185 e. The van der Waals surface area contributed by atoms with Crippen LogP contribution >= 0.6 is 11.3 Å². The van der Waals surface area contributed by atoms with Crippen LogP contribution in [0.25, 0.3) is 11.3 Å². The van der Waals surface area contributed by atoms with E-state index in [4.69, 9.17) is 4.98 Å². The molecule has 0 saturated carbocycles. The van der Waals surface area contributed by atoms with E-state index < -0.39 is 0 Å². The summed E-state index contributed by atoms with van der Waals surface area (Å²) in [5.74, 6) is 0. The molecule has 118 valence electrons. The monoisotopic (exact) mass is 315 g/mol. The Labute approximate surface area is 137 Å². The third-order valence-electron chi connectivity index (χ3n) is 4.64. The maximum Gasteiger partial charge on any atom is 0.185 e. The number of aromatic nitrogens is 1. The first-order valence-electron chi connectivity index (χ1n) is 8.13. The van der Waals surface area contributed by atoms with Crippen LogP contribution in [0.5, 0.6) is 0 Å². The number of hydrogen-bond acceptors (Lipinski definition) is 4. The van der Waals surface area contributed by atoms with Gasteiger partial charge in [-0.25, -0.2) is 4.98 Å². The molecule has 1 fully saturated rings. The lowest BCUT2D eigenvalue weighted by Crippen LogP contribution is -2.45. The molecule has 0 aliphatic carbocycles. The number of anilines is 1. The van der Waals surface area contributed by atoms with E-state index in [9.17, 15) is 0 Å². The van der Waals surface area contributed by atoms with Crippen LogP contribution in [0.3, 0.4) is 0 Å². The molecule has 0 bridgehead atoms. The fraction of sp³-hybridized carbons (Fsp3) is 0.500. The summed E-state index contributed by atoms with van der Waals surface area (Å²) in [5.41, 5.74) is 2.29. The molecular formula is C18H25N3S. The Morgan fingerprint density at radius 1 is 1.18 bits per heavy atom. The SMILES string of the molecule is CC(C)N1CCC(N(C)c2nc(-c3ccccc3)cs2)CC1. The number of hydrogen-bond donors (Lipinski definition) is 0. The van der Waals surface area contributed by atoms with Gasteiger partial charge in [-0.2, -0.15) is 0 Å². The van der Waals surface area contributed by atoms with E-state index in [2.05, 4.69) is 60.3 Å². The first kappa shape index (κ1) is 15.5. The van der Waals surface area contributed by atoms with E-state index in [0.29, 0.717) is 12.1 Å². The lowest BCUT2D eigenvalue weighted by Gasteiger charge is -2.38. The Bertz CT molecular complexity index is 585. The van der Waals surface area contributed by atoms with E-state index in [1.807, 2.05) is 6.07 Å². The maximum absolute atomic E-state index is 4.84. The summed E-state index contributed by atoms with van der Waals surface area (Å²) in [4.78, 5) is 9.80. The van der Waals surface area contributed by atoms with Gasteiger partial charge in [0.25, 0.3) is 0 Å². The molecule has 1 aliphatic heterocycles. The zero-order valence-electron chi connectivity index (χ0n) is 13.7. The second kappa shape index (κ2) is 6.80. The molecule has 2 heterocycles. The van der Waals surface area contributed by atoms with Gasteiger partial charge in [-0.15, -0.1) is 11.3 Å². The Kier molecular flexibility index (Phi) is 4.79. The van der Waals surface area contributed by atoms with E-state index >= 15 is 0 Å². The summed E-state index contributed by atoms with van der Waals surface area (Å²) in [6, 6.07) is 11.7. The van der Waals surface area contributed by atoms with Crippen molar-refractivity contribution in [3.8, 4) is 11.3 Å². The average molecular weight is 315 g/mol. The highest BCUT2D eigenvalue weighted by Crippen LogP contribution is 2.29. The van der Waals surface area contributed by atoms with Crippen molar-refractivity contribution in [2.24, 2.45) is 0 Å². The van der Waals surface area contributed by atoms with Crippen molar-refractivity contribution in [1.29, 1.82) is 0 Å². The van der Waals surface area contributed by atoms with Gasteiger partial charge < -0.3 is 9.80 Å². The van der Waals surface area contributed by atoms with Gasteiger partial charge in [-0.1, -0.05) is 30.3 Å². The molecule has 0 atom stereocenters. The molecular weight excluding hydrogens is 290 g/mol. The highest BCUT2D eigenvalue weighted by Gasteiger charge is 2.25. The van der Waals surface area contributed by atoms with E-state index in [1.165, 1.54) is 31.5 Å². The molecule has 0 radical (unpaired) electrons. The van der Waals surface area contributed by atoms with Crippen molar-refractivity contribution in [3.05, 3.63) is 35.7 Å². The van der Waals surface area contributed by atoms with Crippen LogP contribution in [0.2, 0.25) is 0 Å². The van der Waals surface area contributed by atoms with E-state index in [-0.39, 0.29) is 0 Å². The molecule has 4 heteroatoms. The van der Waals surface area contributed by atoms with Crippen LogP contribution in [-0.2, 0) is 0 Å². The number of rotatable bonds is 4.